The molecule has 19 heavy (non-hydrogen) atoms. The van der Waals surface area contributed by atoms with Gasteiger partial charge in [0, 0.05) is 18.4 Å². The van der Waals surface area contributed by atoms with E-state index in [-0.39, 0.29) is 11.1 Å². The van der Waals surface area contributed by atoms with E-state index in [1.807, 2.05) is 12.1 Å². The highest BCUT2D eigenvalue weighted by molar-refractivity contribution is 6.30. The molecule has 0 saturated carbocycles. The van der Waals surface area contributed by atoms with Crippen molar-refractivity contribution in [2.24, 2.45) is 5.84 Å². The van der Waals surface area contributed by atoms with Gasteiger partial charge in [-0.05, 0) is 48.2 Å². The van der Waals surface area contributed by atoms with Gasteiger partial charge < -0.3 is 0 Å². The number of rotatable bonds is 5. The quantitative estimate of drug-likeness (QED) is 0.653. The number of hydrogen-bond donors (Lipinski definition) is 2. The van der Waals surface area contributed by atoms with Gasteiger partial charge in [-0.25, -0.2) is 4.39 Å². The lowest BCUT2D eigenvalue weighted by molar-refractivity contribution is 0.521. The van der Waals surface area contributed by atoms with Gasteiger partial charge in [-0.2, -0.15) is 0 Å². The average molecular weight is 280 g/mol. The van der Waals surface area contributed by atoms with Crippen LogP contribution in [0.1, 0.15) is 11.1 Å². The van der Waals surface area contributed by atoms with Crippen molar-refractivity contribution in [2.75, 3.05) is 0 Å². The number of halogens is 2. The van der Waals surface area contributed by atoms with Crippen LogP contribution in [0.4, 0.5) is 4.39 Å². The van der Waals surface area contributed by atoms with Crippen molar-refractivity contribution in [3.05, 3.63) is 64.7 Å². The summed E-state index contributed by atoms with van der Waals surface area (Å²) in [5.74, 6) is 5.16. The highest BCUT2D eigenvalue weighted by Gasteiger charge is 2.10. The second-order valence-electron chi connectivity index (χ2n) is 4.38. The van der Waals surface area contributed by atoms with Crippen LogP contribution in [0.25, 0.3) is 0 Å². The van der Waals surface area contributed by atoms with Crippen molar-refractivity contribution in [3.8, 4) is 0 Å². The molecule has 3 N–H and O–H groups in total. The molecule has 0 aliphatic heterocycles. The number of pyridine rings is 1. The third kappa shape index (κ3) is 3.99. The molecule has 1 heterocycles. The van der Waals surface area contributed by atoms with Gasteiger partial charge in [0.05, 0.1) is 5.02 Å². The van der Waals surface area contributed by atoms with Crippen LogP contribution in [0.5, 0.6) is 0 Å². The average Bonchev–Trinajstić information content (AvgIpc) is 2.43. The lowest BCUT2D eigenvalue weighted by Crippen LogP contribution is -2.38. The van der Waals surface area contributed by atoms with Crippen LogP contribution in [0.2, 0.25) is 5.02 Å². The Bertz CT molecular complexity index is 533. The second kappa shape index (κ2) is 6.61. The van der Waals surface area contributed by atoms with E-state index in [1.54, 1.807) is 24.5 Å². The van der Waals surface area contributed by atoms with Gasteiger partial charge in [0.15, 0.2) is 0 Å². The highest BCUT2D eigenvalue weighted by Crippen LogP contribution is 2.17. The smallest absolute Gasteiger partial charge is 0.141 e. The molecule has 0 bridgehead atoms. The Hall–Kier alpha value is -1.49. The summed E-state index contributed by atoms with van der Waals surface area (Å²) in [5.41, 5.74) is 4.87. The standard InChI is InChI=1S/C14H15ClFN3/c15-13-9-11(1-2-14(13)16)8-12(19-17)7-10-3-5-18-6-4-10/h1-6,9,12,19H,7-8,17H2. The van der Waals surface area contributed by atoms with Gasteiger partial charge in [0.1, 0.15) is 5.82 Å². The van der Waals surface area contributed by atoms with Crippen LogP contribution < -0.4 is 11.3 Å². The summed E-state index contributed by atoms with van der Waals surface area (Å²) in [6, 6.07) is 8.68. The number of hydrogen-bond acceptors (Lipinski definition) is 3. The third-order valence-corrected chi connectivity index (χ3v) is 3.22. The van der Waals surface area contributed by atoms with E-state index in [9.17, 15) is 4.39 Å². The molecule has 0 fully saturated rings. The fourth-order valence-corrected chi connectivity index (χ4v) is 2.15. The Kier molecular flexibility index (Phi) is 4.85. The van der Waals surface area contributed by atoms with E-state index in [4.69, 9.17) is 17.4 Å². The maximum Gasteiger partial charge on any atom is 0.141 e. The largest absolute Gasteiger partial charge is 0.271 e. The zero-order chi connectivity index (χ0) is 13.7. The molecule has 0 aliphatic rings. The molecule has 2 rings (SSSR count). The van der Waals surface area contributed by atoms with Crippen molar-refractivity contribution in [3.63, 3.8) is 0 Å². The molecule has 1 atom stereocenters. The predicted octanol–water partition coefficient (Wildman–Crippen LogP) is 2.49. The molecule has 100 valence electrons. The minimum absolute atomic E-state index is 0.0592. The predicted molar refractivity (Wildman–Crippen MR) is 74.2 cm³/mol. The molecule has 0 spiro atoms. The van der Waals surface area contributed by atoms with E-state index >= 15 is 0 Å². The first-order valence-electron chi connectivity index (χ1n) is 5.98. The molecule has 0 aliphatic carbocycles. The van der Waals surface area contributed by atoms with Crippen molar-refractivity contribution >= 4 is 11.6 Å². The maximum absolute atomic E-state index is 13.1. The number of hydrazine groups is 1. The Morgan fingerprint density at radius 3 is 2.47 bits per heavy atom. The summed E-state index contributed by atoms with van der Waals surface area (Å²) in [4.78, 5) is 3.97. The number of aromatic nitrogens is 1. The topological polar surface area (TPSA) is 50.9 Å². The first-order valence-corrected chi connectivity index (χ1v) is 6.36. The summed E-state index contributed by atoms with van der Waals surface area (Å²) < 4.78 is 13.1. The first-order chi connectivity index (χ1) is 9.19. The first kappa shape index (κ1) is 13.9. The van der Waals surface area contributed by atoms with Gasteiger partial charge in [0.25, 0.3) is 0 Å². The Morgan fingerprint density at radius 2 is 1.84 bits per heavy atom. The monoisotopic (exact) mass is 279 g/mol. The van der Waals surface area contributed by atoms with Crippen LogP contribution in [0.15, 0.2) is 42.7 Å². The fourth-order valence-electron chi connectivity index (χ4n) is 1.94. The van der Waals surface area contributed by atoms with Gasteiger partial charge in [0.2, 0.25) is 0 Å². The van der Waals surface area contributed by atoms with Crippen LogP contribution >= 0.6 is 11.6 Å². The SMILES string of the molecule is NNC(Cc1ccncc1)Cc1ccc(F)c(Cl)c1. The Labute approximate surface area is 116 Å². The molecule has 0 radical (unpaired) electrons. The summed E-state index contributed by atoms with van der Waals surface area (Å²) in [7, 11) is 0. The zero-order valence-corrected chi connectivity index (χ0v) is 11.1. The third-order valence-electron chi connectivity index (χ3n) is 2.93. The minimum atomic E-state index is -0.406. The molecule has 0 amide bonds. The van der Waals surface area contributed by atoms with Gasteiger partial charge >= 0.3 is 0 Å². The van der Waals surface area contributed by atoms with E-state index in [2.05, 4.69) is 10.4 Å². The van der Waals surface area contributed by atoms with Crippen molar-refractivity contribution in [1.29, 1.82) is 0 Å². The van der Waals surface area contributed by atoms with Gasteiger partial charge in [-0.15, -0.1) is 0 Å². The summed E-state index contributed by atoms with van der Waals surface area (Å²) >= 11 is 5.77. The van der Waals surface area contributed by atoms with Crippen molar-refractivity contribution in [2.45, 2.75) is 18.9 Å². The molecule has 0 saturated heterocycles. The van der Waals surface area contributed by atoms with Crippen LogP contribution in [-0.4, -0.2) is 11.0 Å². The van der Waals surface area contributed by atoms with Crippen LogP contribution in [0.3, 0.4) is 0 Å². The molecule has 1 unspecified atom stereocenters. The molecule has 3 nitrogen and oxygen atoms in total. The summed E-state index contributed by atoms with van der Waals surface area (Å²) in [6.45, 7) is 0. The van der Waals surface area contributed by atoms with E-state index in [1.165, 1.54) is 6.07 Å². The molecule has 5 heteroatoms. The molecular formula is C14H15ClFN3. The Balaban J connectivity index is 2.04. The molecule has 1 aromatic carbocycles. The second-order valence-corrected chi connectivity index (χ2v) is 4.78. The van der Waals surface area contributed by atoms with Crippen LogP contribution in [0, 0.1) is 5.82 Å². The normalized spacial score (nSPS) is 12.4. The zero-order valence-electron chi connectivity index (χ0n) is 10.3. The summed E-state index contributed by atoms with van der Waals surface area (Å²) in [6.07, 6.45) is 4.95. The molecular weight excluding hydrogens is 265 g/mol. The lowest BCUT2D eigenvalue weighted by atomic mass is 10.00. The van der Waals surface area contributed by atoms with Crippen molar-refractivity contribution < 1.29 is 4.39 Å². The van der Waals surface area contributed by atoms with Crippen molar-refractivity contribution in [1.82, 2.24) is 10.4 Å². The Morgan fingerprint density at radius 1 is 1.16 bits per heavy atom. The van der Waals surface area contributed by atoms with Crippen LogP contribution in [-0.2, 0) is 12.8 Å². The van der Waals surface area contributed by atoms with E-state index < -0.39 is 5.82 Å². The fraction of sp³-hybridized carbons (Fsp3) is 0.214. The van der Waals surface area contributed by atoms with Gasteiger partial charge in [-0.3, -0.25) is 16.3 Å². The number of benzene rings is 1. The molecule has 2 aromatic rings. The number of nitrogens with one attached hydrogen (secondary N) is 1. The number of nitrogens with zero attached hydrogens (tertiary/aromatic N) is 1. The van der Waals surface area contributed by atoms with E-state index in [0.717, 1.165) is 17.5 Å². The lowest BCUT2D eigenvalue weighted by Gasteiger charge is -2.16. The minimum Gasteiger partial charge on any atom is -0.271 e. The maximum atomic E-state index is 13.1. The molecule has 1 aromatic heterocycles. The summed E-state index contributed by atoms with van der Waals surface area (Å²) in [5, 5.41) is 0.136. The van der Waals surface area contributed by atoms with Gasteiger partial charge in [-0.1, -0.05) is 17.7 Å². The number of nitrogens with two attached hydrogens (primary N) is 1. The highest BCUT2D eigenvalue weighted by atomic mass is 35.5. The van der Waals surface area contributed by atoms with E-state index in [0.29, 0.717) is 6.42 Å².